The number of benzene rings is 1. The summed E-state index contributed by atoms with van der Waals surface area (Å²) in [5.74, 6) is 0.997. The van der Waals surface area contributed by atoms with Crippen LogP contribution in [-0.4, -0.2) is 41.6 Å². The molecule has 4 rings (SSSR count). The van der Waals surface area contributed by atoms with Crippen LogP contribution in [0.1, 0.15) is 22.5 Å². The van der Waals surface area contributed by atoms with E-state index in [1.807, 2.05) is 24.3 Å². The Labute approximate surface area is 139 Å². The second kappa shape index (κ2) is 5.98. The molecule has 3 heterocycles. The van der Waals surface area contributed by atoms with Crippen molar-refractivity contribution in [1.29, 1.82) is 0 Å². The van der Waals surface area contributed by atoms with Gasteiger partial charge in [-0.1, -0.05) is 12.1 Å². The van der Waals surface area contributed by atoms with Gasteiger partial charge in [-0.2, -0.15) is 0 Å². The highest BCUT2D eigenvalue weighted by atomic mass is 32.1. The lowest BCUT2D eigenvalue weighted by atomic mass is 9.97. The predicted molar refractivity (Wildman–Crippen MR) is 91.8 cm³/mol. The van der Waals surface area contributed by atoms with Gasteiger partial charge in [0.25, 0.3) is 5.91 Å². The van der Waals surface area contributed by atoms with Crippen molar-refractivity contribution in [3.8, 4) is 16.2 Å². The summed E-state index contributed by atoms with van der Waals surface area (Å²) >= 11 is 1.43. The van der Waals surface area contributed by atoms with Gasteiger partial charge in [-0.15, -0.1) is 11.3 Å². The second-order valence-corrected chi connectivity index (χ2v) is 7.59. The van der Waals surface area contributed by atoms with Crippen molar-refractivity contribution < 1.29 is 9.90 Å². The van der Waals surface area contributed by atoms with E-state index in [9.17, 15) is 9.90 Å². The number of amides is 1. The summed E-state index contributed by atoms with van der Waals surface area (Å²) < 4.78 is 0. The molecule has 3 atom stereocenters. The summed E-state index contributed by atoms with van der Waals surface area (Å²) in [6.07, 6.45) is 2.36. The Balaban J connectivity index is 1.46. The molecule has 2 aliphatic rings. The molecular weight excluding hydrogens is 308 g/mol. The maximum Gasteiger partial charge on any atom is 0.261 e. The Bertz CT molecular complexity index is 715. The molecule has 5 heteroatoms. The first-order valence-electron chi connectivity index (χ1n) is 8.10. The Morgan fingerprint density at radius 1 is 1.22 bits per heavy atom. The highest BCUT2D eigenvalue weighted by molar-refractivity contribution is 7.17. The number of carbonyl (C=O) groups is 1. The Hall–Kier alpha value is -1.85. The number of thiophene rings is 1. The Morgan fingerprint density at radius 2 is 2.09 bits per heavy atom. The summed E-state index contributed by atoms with van der Waals surface area (Å²) in [4.78, 5) is 16.6. The van der Waals surface area contributed by atoms with Gasteiger partial charge in [-0.05, 0) is 49.6 Å². The van der Waals surface area contributed by atoms with Crippen molar-refractivity contribution in [1.82, 2.24) is 10.2 Å². The second-order valence-electron chi connectivity index (χ2n) is 6.50. The first kappa shape index (κ1) is 14.7. The predicted octanol–water partition coefficient (Wildman–Crippen LogP) is 2.94. The molecule has 1 amide bonds. The van der Waals surface area contributed by atoms with E-state index >= 15 is 0 Å². The molecule has 2 bridgehead atoms. The van der Waals surface area contributed by atoms with Crippen molar-refractivity contribution in [2.75, 3.05) is 19.6 Å². The van der Waals surface area contributed by atoms with E-state index in [2.05, 4.69) is 10.2 Å². The highest BCUT2D eigenvalue weighted by Crippen LogP contribution is 2.34. The van der Waals surface area contributed by atoms with Crippen LogP contribution >= 0.6 is 11.3 Å². The van der Waals surface area contributed by atoms with Gasteiger partial charge in [0, 0.05) is 29.6 Å². The molecule has 23 heavy (non-hydrogen) atoms. The minimum atomic E-state index is 0.00386. The fourth-order valence-corrected chi connectivity index (χ4v) is 4.65. The Morgan fingerprint density at radius 3 is 2.91 bits per heavy atom. The van der Waals surface area contributed by atoms with Gasteiger partial charge >= 0.3 is 0 Å². The topological polar surface area (TPSA) is 52.6 Å². The smallest absolute Gasteiger partial charge is 0.261 e. The normalized spacial score (nSPS) is 26.2. The number of para-hydroxylation sites is 1. The minimum Gasteiger partial charge on any atom is -0.507 e. The van der Waals surface area contributed by atoms with Gasteiger partial charge in [0.1, 0.15) is 5.75 Å². The maximum absolute atomic E-state index is 12.5. The summed E-state index contributed by atoms with van der Waals surface area (Å²) in [6.45, 7) is 3.34. The third-order valence-electron chi connectivity index (χ3n) is 4.80. The lowest BCUT2D eigenvalue weighted by Crippen LogP contribution is -2.46. The molecule has 0 aliphatic carbocycles. The molecule has 1 aromatic heterocycles. The molecule has 0 saturated carbocycles. The van der Waals surface area contributed by atoms with E-state index in [1.165, 1.54) is 30.8 Å². The number of hydrogen-bond donors (Lipinski definition) is 2. The van der Waals surface area contributed by atoms with Gasteiger partial charge in [-0.25, -0.2) is 0 Å². The zero-order chi connectivity index (χ0) is 15.8. The third-order valence-corrected chi connectivity index (χ3v) is 5.92. The van der Waals surface area contributed by atoms with Crippen molar-refractivity contribution in [3.63, 3.8) is 0 Å². The molecular formula is C18H20N2O2S. The summed E-state index contributed by atoms with van der Waals surface area (Å²) in [5.41, 5.74) is 0.776. The van der Waals surface area contributed by atoms with E-state index < -0.39 is 0 Å². The van der Waals surface area contributed by atoms with Crippen LogP contribution in [0.25, 0.3) is 10.4 Å². The van der Waals surface area contributed by atoms with Gasteiger partial charge in [0.15, 0.2) is 0 Å². The van der Waals surface area contributed by atoms with Crippen LogP contribution in [0.5, 0.6) is 5.75 Å². The molecule has 4 nitrogen and oxygen atoms in total. The van der Waals surface area contributed by atoms with E-state index in [0.29, 0.717) is 4.88 Å². The molecule has 2 aliphatic heterocycles. The number of phenols is 1. The molecule has 0 spiro atoms. The number of aromatic hydroxyl groups is 1. The van der Waals surface area contributed by atoms with E-state index in [4.69, 9.17) is 0 Å². The monoisotopic (exact) mass is 328 g/mol. The van der Waals surface area contributed by atoms with Crippen LogP contribution in [0.3, 0.4) is 0 Å². The molecule has 0 radical (unpaired) electrons. The Kier molecular flexibility index (Phi) is 3.83. The van der Waals surface area contributed by atoms with Gasteiger partial charge in [0.2, 0.25) is 0 Å². The van der Waals surface area contributed by atoms with Crippen LogP contribution in [0.2, 0.25) is 0 Å². The van der Waals surface area contributed by atoms with Crippen molar-refractivity contribution >= 4 is 17.2 Å². The lowest BCUT2D eigenvalue weighted by Gasteiger charge is -2.30. The first-order chi connectivity index (χ1) is 11.2. The van der Waals surface area contributed by atoms with Gasteiger partial charge < -0.3 is 15.3 Å². The quantitative estimate of drug-likeness (QED) is 0.911. The molecule has 2 N–H and O–H groups in total. The first-order valence-corrected chi connectivity index (χ1v) is 8.92. The zero-order valence-electron chi connectivity index (χ0n) is 12.9. The fraction of sp³-hybridized carbons (Fsp3) is 0.389. The number of fused-ring (bicyclic) bond motifs is 2. The van der Waals surface area contributed by atoms with Crippen molar-refractivity contribution in [2.45, 2.75) is 18.9 Å². The number of phenolic OH excluding ortho intramolecular Hbond substituents is 1. The van der Waals surface area contributed by atoms with Crippen molar-refractivity contribution in [3.05, 3.63) is 41.3 Å². The van der Waals surface area contributed by atoms with Crippen LogP contribution in [0, 0.1) is 5.92 Å². The molecule has 1 unspecified atom stereocenters. The molecule has 120 valence electrons. The van der Waals surface area contributed by atoms with Crippen molar-refractivity contribution in [2.24, 2.45) is 5.92 Å². The van der Waals surface area contributed by atoms with Gasteiger partial charge in [-0.3, -0.25) is 4.79 Å². The van der Waals surface area contributed by atoms with Gasteiger partial charge in [0.05, 0.1) is 4.88 Å². The largest absolute Gasteiger partial charge is 0.507 e. The standard InChI is InChI=1S/C18H20N2O2S/c21-15-4-2-1-3-14(15)16-5-6-17(23-16)18(22)19-13-9-12-7-8-20(10-12)11-13/h1-6,12-13,21H,7-11H2,(H,19,22)/t12-,13-/m1/s1. The third kappa shape index (κ3) is 2.99. The fourth-order valence-electron chi connectivity index (χ4n) is 3.71. The average Bonchev–Trinajstić information content (AvgIpc) is 3.15. The van der Waals surface area contributed by atoms with E-state index in [-0.39, 0.29) is 17.7 Å². The van der Waals surface area contributed by atoms with Crippen LogP contribution in [0.15, 0.2) is 36.4 Å². The zero-order valence-corrected chi connectivity index (χ0v) is 13.7. The SMILES string of the molecule is O=C(N[C@@H]1C[C@H]2CCN(C2)C1)c1ccc(-c2ccccc2O)s1. The minimum absolute atomic E-state index is 0.00386. The summed E-state index contributed by atoms with van der Waals surface area (Å²) in [6, 6.07) is 11.2. The number of nitrogens with one attached hydrogen (secondary N) is 1. The molecule has 1 aromatic carbocycles. The van der Waals surface area contributed by atoms with Crippen LogP contribution < -0.4 is 5.32 Å². The number of hydrogen-bond acceptors (Lipinski definition) is 4. The summed E-state index contributed by atoms with van der Waals surface area (Å²) in [5, 5.41) is 13.1. The molecule has 2 saturated heterocycles. The number of nitrogens with zero attached hydrogens (tertiary/aromatic N) is 1. The average molecular weight is 328 g/mol. The van der Waals surface area contributed by atoms with Crippen LogP contribution in [-0.2, 0) is 0 Å². The molecule has 2 fully saturated rings. The van der Waals surface area contributed by atoms with E-state index in [1.54, 1.807) is 12.1 Å². The lowest BCUT2D eigenvalue weighted by molar-refractivity contribution is 0.0913. The highest BCUT2D eigenvalue weighted by Gasteiger charge is 2.33. The van der Waals surface area contributed by atoms with E-state index in [0.717, 1.165) is 29.3 Å². The number of rotatable bonds is 3. The molecule has 2 aromatic rings. The summed E-state index contributed by atoms with van der Waals surface area (Å²) in [7, 11) is 0. The van der Waals surface area contributed by atoms with Crippen LogP contribution in [0.4, 0.5) is 0 Å². The maximum atomic E-state index is 12.5. The number of piperidine rings is 1. The number of carbonyl (C=O) groups excluding carboxylic acids is 1.